The molecule has 0 spiro atoms. The lowest BCUT2D eigenvalue weighted by Crippen LogP contribution is -2.13. The molecule has 0 aliphatic carbocycles. The van der Waals surface area contributed by atoms with Gasteiger partial charge in [0.05, 0.1) is 7.11 Å². The van der Waals surface area contributed by atoms with Crippen LogP contribution in [0.5, 0.6) is 5.75 Å². The van der Waals surface area contributed by atoms with E-state index in [1.165, 1.54) is 6.08 Å². The summed E-state index contributed by atoms with van der Waals surface area (Å²) in [5.74, 6) is -0.0172. The second kappa shape index (κ2) is 8.11. The van der Waals surface area contributed by atoms with Gasteiger partial charge in [0.2, 0.25) is 5.78 Å². The van der Waals surface area contributed by atoms with Gasteiger partial charge in [-0.3, -0.25) is 4.79 Å². The summed E-state index contributed by atoms with van der Waals surface area (Å²) in [4.78, 5) is 23.8. The maximum absolute atomic E-state index is 12.1. The third kappa shape index (κ3) is 4.81. The fraction of sp³-hybridized carbons (Fsp3) is 0.200. The quantitative estimate of drug-likeness (QED) is 0.461. The van der Waals surface area contributed by atoms with Gasteiger partial charge in [0.15, 0.2) is 6.61 Å². The Hall–Kier alpha value is -2.88. The largest absolute Gasteiger partial charge is 0.497 e. The van der Waals surface area contributed by atoms with Crippen LogP contribution in [0.15, 0.2) is 48.5 Å². The summed E-state index contributed by atoms with van der Waals surface area (Å²) in [5, 5.41) is 0. The third-order valence-corrected chi connectivity index (χ3v) is 3.56. The number of methoxy groups -OCH3 is 1. The zero-order valence-corrected chi connectivity index (χ0v) is 14.0. The number of carbonyl (C=O) groups is 2. The molecule has 0 N–H and O–H groups in total. The molecule has 0 atom stereocenters. The van der Waals surface area contributed by atoms with Crippen molar-refractivity contribution in [3.63, 3.8) is 0 Å². The highest BCUT2D eigenvalue weighted by Gasteiger charge is 2.11. The van der Waals surface area contributed by atoms with E-state index in [9.17, 15) is 9.59 Å². The minimum absolute atomic E-state index is 0.210. The molecule has 2 aromatic carbocycles. The van der Waals surface area contributed by atoms with E-state index in [1.54, 1.807) is 31.4 Å². The van der Waals surface area contributed by atoms with Crippen LogP contribution >= 0.6 is 0 Å². The van der Waals surface area contributed by atoms with E-state index in [4.69, 9.17) is 9.47 Å². The van der Waals surface area contributed by atoms with Crippen LogP contribution in [0.25, 0.3) is 6.08 Å². The SMILES string of the molecule is COc1ccc(/C=C/C(=O)OCC(=O)c2ccc(C)cc2C)cc1. The van der Waals surface area contributed by atoms with Crippen molar-refractivity contribution in [3.8, 4) is 5.75 Å². The van der Waals surface area contributed by atoms with E-state index in [1.807, 2.05) is 38.1 Å². The molecular formula is C20H20O4. The molecular weight excluding hydrogens is 304 g/mol. The first-order chi connectivity index (χ1) is 11.5. The van der Waals surface area contributed by atoms with E-state index < -0.39 is 5.97 Å². The topological polar surface area (TPSA) is 52.6 Å². The van der Waals surface area contributed by atoms with Crippen molar-refractivity contribution >= 4 is 17.8 Å². The smallest absolute Gasteiger partial charge is 0.331 e. The van der Waals surface area contributed by atoms with Gasteiger partial charge in [0, 0.05) is 11.6 Å². The number of ketones is 1. The molecule has 0 unspecified atom stereocenters. The molecule has 0 bridgehead atoms. The van der Waals surface area contributed by atoms with E-state index >= 15 is 0 Å². The standard InChI is InChI=1S/C20H20O4/c1-14-4-10-18(15(2)12-14)19(21)13-24-20(22)11-7-16-5-8-17(23-3)9-6-16/h4-12H,13H2,1-3H3/b11-7+. The number of aryl methyl sites for hydroxylation is 2. The second-order valence-corrected chi connectivity index (χ2v) is 5.46. The number of carbonyl (C=O) groups excluding carboxylic acids is 2. The Morgan fingerprint density at radius 1 is 1.04 bits per heavy atom. The van der Waals surface area contributed by atoms with Gasteiger partial charge in [0.1, 0.15) is 5.75 Å². The van der Waals surface area contributed by atoms with Crippen LogP contribution < -0.4 is 4.74 Å². The predicted molar refractivity (Wildman–Crippen MR) is 93.2 cm³/mol. The molecule has 0 radical (unpaired) electrons. The first-order valence-corrected chi connectivity index (χ1v) is 7.59. The molecule has 0 saturated heterocycles. The van der Waals surface area contributed by atoms with E-state index in [0.29, 0.717) is 5.56 Å². The first kappa shape index (κ1) is 17.5. The van der Waals surface area contributed by atoms with Crippen LogP contribution in [0.1, 0.15) is 27.0 Å². The molecule has 0 amide bonds. The Bertz CT molecular complexity index is 758. The van der Waals surface area contributed by atoms with Gasteiger partial charge < -0.3 is 9.47 Å². The Morgan fingerprint density at radius 2 is 1.75 bits per heavy atom. The van der Waals surface area contributed by atoms with Crippen molar-refractivity contribution < 1.29 is 19.1 Å². The number of rotatable bonds is 6. The van der Waals surface area contributed by atoms with Crippen LogP contribution in [0.2, 0.25) is 0 Å². The van der Waals surface area contributed by atoms with Gasteiger partial charge in [-0.25, -0.2) is 4.79 Å². The van der Waals surface area contributed by atoms with Crippen molar-refractivity contribution in [1.82, 2.24) is 0 Å². The summed E-state index contributed by atoms with van der Waals surface area (Å²) < 4.78 is 10.1. The lowest BCUT2D eigenvalue weighted by molar-refractivity contribution is -0.136. The molecule has 2 rings (SSSR count). The summed E-state index contributed by atoms with van der Waals surface area (Å²) in [6.07, 6.45) is 2.93. The Balaban J connectivity index is 1.90. The molecule has 4 heteroatoms. The number of esters is 1. The number of ether oxygens (including phenoxy) is 2. The zero-order valence-electron chi connectivity index (χ0n) is 14.0. The lowest BCUT2D eigenvalue weighted by Gasteiger charge is -2.06. The number of Topliss-reactive ketones (excluding diaryl/α,β-unsaturated/α-hetero) is 1. The predicted octanol–water partition coefficient (Wildman–Crippen LogP) is 3.75. The number of benzene rings is 2. The van der Waals surface area contributed by atoms with Gasteiger partial charge in [0.25, 0.3) is 0 Å². The molecule has 2 aromatic rings. The molecule has 0 aliphatic rings. The molecule has 0 saturated carbocycles. The highest BCUT2D eigenvalue weighted by atomic mass is 16.5. The zero-order chi connectivity index (χ0) is 17.5. The van der Waals surface area contributed by atoms with Crippen molar-refractivity contribution in [1.29, 1.82) is 0 Å². The normalized spacial score (nSPS) is 10.6. The molecule has 124 valence electrons. The third-order valence-electron chi connectivity index (χ3n) is 3.56. The molecule has 0 aliphatic heterocycles. The molecule has 0 heterocycles. The molecule has 0 fully saturated rings. The fourth-order valence-electron chi connectivity index (χ4n) is 2.27. The maximum Gasteiger partial charge on any atom is 0.331 e. The van der Waals surface area contributed by atoms with Crippen LogP contribution in [0.3, 0.4) is 0 Å². The summed E-state index contributed by atoms with van der Waals surface area (Å²) in [5.41, 5.74) is 3.38. The van der Waals surface area contributed by atoms with E-state index in [0.717, 1.165) is 22.4 Å². The van der Waals surface area contributed by atoms with Crippen molar-refractivity contribution in [2.75, 3.05) is 13.7 Å². The molecule has 4 nitrogen and oxygen atoms in total. The van der Waals surface area contributed by atoms with Crippen molar-refractivity contribution in [2.45, 2.75) is 13.8 Å². The van der Waals surface area contributed by atoms with Crippen LogP contribution in [0.4, 0.5) is 0 Å². The monoisotopic (exact) mass is 324 g/mol. The summed E-state index contributed by atoms with van der Waals surface area (Å²) in [6.45, 7) is 3.56. The van der Waals surface area contributed by atoms with Crippen molar-refractivity contribution in [2.24, 2.45) is 0 Å². The van der Waals surface area contributed by atoms with Crippen LogP contribution in [0, 0.1) is 13.8 Å². The van der Waals surface area contributed by atoms with Gasteiger partial charge in [-0.15, -0.1) is 0 Å². The maximum atomic E-state index is 12.1. The summed E-state index contributed by atoms with van der Waals surface area (Å²) in [6, 6.07) is 12.8. The highest BCUT2D eigenvalue weighted by molar-refractivity contribution is 6.00. The van der Waals surface area contributed by atoms with Crippen LogP contribution in [-0.4, -0.2) is 25.5 Å². The van der Waals surface area contributed by atoms with Crippen LogP contribution in [-0.2, 0) is 9.53 Å². The van der Waals surface area contributed by atoms with E-state index in [-0.39, 0.29) is 12.4 Å². The molecule has 0 aromatic heterocycles. The lowest BCUT2D eigenvalue weighted by atomic mass is 10.0. The average molecular weight is 324 g/mol. The Morgan fingerprint density at radius 3 is 2.38 bits per heavy atom. The summed E-state index contributed by atoms with van der Waals surface area (Å²) in [7, 11) is 1.59. The minimum atomic E-state index is -0.552. The average Bonchev–Trinajstić information content (AvgIpc) is 2.58. The number of hydrogen-bond acceptors (Lipinski definition) is 4. The summed E-state index contributed by atoms with van der Waals surface area (Å²) >= 11 is 0. The van der Waals surface area contributed by atoms with Gasteiger partial charge in [-0.2, -0.15) is 0 Å². The highest BCUT2D eigenvalue weighted by Crippen LogP contribution is 2.13. The van der Waals surface area contributed by atoms with Gasteiger partial charge >= 0.3 is 5.97 Å². The van der Waals surface area contributed by atoms with Crippen molar-refractivity contribution in [3.05, 3.63) is 70.8 Å². The number of hydrogen-bond donors (Lipinski definition) is 0. The van der Waals surface area contributed by atoms with Gasteiger partial charge in [-0.1, -0.05) is 35.9 Å². The fourth-order valence-corrected chi connectivity index (χ4v) is 2.27. The first-order valence-electron chi connectivity index (χ1n) is 7.59. The Kier molecular flexibility index (Phi) is 5.90. The minimum Gasteiger partial charge on any atom is -0.497 e. The second-order valence-electron chi connectivity index (χ2n) is 5.46. The van der Waals surface area contributed by atoms with E-state index in [2.05, 4.69) is 0 Å². The Labute approximate surface area is 141 Å². The van der Waals surface area contributed by atoms with Gasteiger partial charge in [-0.05, 0) is 43.2 Å². The molecule has 24 heavy (non-hydrogen) atoms.